The number of carbonyl (C=O) groups excluding carboxylic acids is 2. The summed E-state index contributed by atoms with van der Waals surface area (Å²) in [4.78, 5) is 27.3. The van der Waals surface area contributed by atoms with Crippen LogP contribution in [0.1, 0.15) is 36.8 Å². The molecule has 2 amide bonds. The third-order valence-electron chi connectivity index (χ3n) is 5.19. The summed E-state index contributed by atoms with van der Waals surface area (Å²) in [7, 11) is 1.63. The summed E-state index contributed by atoms with van der Waals surface area (Å²) in [6.45, 7) is 1.83. The molecular weight excluding hydrogens is 352 g/mol. The van der Waals surface area contributed by atoms with Gasteiger partial charge in [-0.2, -0.15) is 0 Å². The molecule has 1 aliphatic heterocycles. The Bertz CT molecular complexity index is 774. The van der Waals surface area contributed by atoms with Crippen LogP contribution in [-0.2, 0) is 22.7 Å². The van der Waals surface area contributed by atoms with Crippen molar-refractivity contribution in [3.05, 3.63) is 65.7 Å². The maximum atomic E-state index is 13.0. The van der Waals surface area contributed by atoms with Gasteiger partial charge in [-0.1, -0.05) is 48.9 Å². The van der Waals surface area contributed by atoms with Crippen LogP contribution in [0.2, 0.25) is 0 Å². The van der Waals surface area contributed by atoms with Gasteiger partial charge in [0.1, 0.15) is 5.75 Å². The van der Waals surface area contributed by atoms with Gasteiger partial charge in [-0.25, -0.2) is 0 Å². The van der Waals surface area contributed by atoms with Gasteiger partial charge in [-0.15, -0.1) is 0 Å². The summed E-state index contributed by atoms with van der Waals surface area (Å²) in [6, 6.07) is 17.6. The van der Waals surface area contributed by atoms with Crippen LogP contribution in [0.3, 0.4) is 0 Å². The van der Waals surface area contributed by atoms with Crippen LogP contribution >= 0.6 is 0 Å². The minimum atomic E-state index is -0.234. The Morgan fingerprint density at radius 2 is 1.82 bits per heavy atom. The first kappa shape index (κ1) is 19.9. The lowest BCUT2D eigenvalue weighted by Crippen LogP contribution is -2.37. The largest absolute Gasteiger partial charge is 0.497 e. The highest BCUT2D eigenvalue weighted by Crippen LogP contribution is 2.22. The Balaban J connectivity index is 1.53. The van der Waals surface area contributed by atoms with E-state index in [-0.39, 0.29) is 24.2 Å². The molecule has 2 aromatic rings. The number of hydrogen-bond donors (Lipinski definition) is 1. The lowest BCUT2D eigenvalue weighted by molar-refractivity contribution is -0.138. The number of likely N-dealkylation sites (tertiary alicyclic amines) is 1. The summed E-state index contributed by atoms with van der Waals surface area (Å²) in [5.74, 6) is 0.580. The third-order valence-corrected chi connectivity index (χ3v) is 5.19. The van der Waals surface area contributed by atoms with Gasteiger partial charge >= 0.3 is 0 Å². The average Bonchev–Trinajstić information content (AvgIpc) is 2.89. The van der Waals surface area contributed by atoms with Crippen molar-refractivity contribution in [1.82, 2.24) is 10.2 Å². The molecule has 1 atom stereocenters. The first-order chi connectivity index (χ1) is 13.7. The molecule has 5 heteroatoms. The van der Waals surface area contributed by atoms with Gasteiger partial charge in [-0.05, 0) is 36.1 Å². The Kier molecular flexibility index (Phi) is 7.06. The Labute approximate surface area is 166 Å². The van der Waals surface area contributed by atoms with Crippen LogP contribution in [0.25, 0.3) is 0 Å². The molecular formula is C23H28N2O3. The molecule has 28 heavy (non-hydrogen) atoms. The number of carbonyl (C=O) groups is 2. The van der Waals surface area contributed by atoms with Gasteiger partial charge in [0.2, 0.25) is 11.8 Å². The van der Waals surface area contributed by atoms with Crippen molar-refractivity contribution in [3.8, 4) is 5.75 Å². The smallest absolute Gasteiger partial charge is 0.226 e. The molecule has 1 aliphatic rings. The van der Waals surface area contributed by atoms with E-state index in [4.69, 9.17) is 4.74 Å². The number of benzene rings is 2. The summed E-state index contributed by atoms with van der Waals surface area (Å²) in [5, 5.41) is 2.94. The second-order valence-corrected chi connectivity index (χ2v) is 7.27. The first-order valence-electron chi connectivity index (χ1n) is 9.88. The van der Waals surface area contributed by atoms with Crippen molar-refractivity contribution < 1.29 is 14.3 Å². The number of ether oxygens (including phenoxy) is 1. The second kappa shape index (κ2) is 9.93. The highest BCUT2D eigenvalue weighted by Gasteiger charge is 2.28. The molecule has 1 fully saturated rings. The quantitative estimate of drug-likeness (QED) is 0.799. The highest BCUT2D eigenvalue weighted by atomic mass is 16.5. The van der Waals surface area contributed by atoms with E-state index in [1.807, 2.05) is 59.5 Å². The zero-order valence-electron chi connectivity index (χ0n) is 16.4. The lowest BCUT2D eigenvalue weighted by atomic mass is 9.98. The number of methoxy groups -OCH3 is 1. The number of nitrogens with one attached hydrogen (secondary N) is 1. The molecule has 0 aliphatic carbocycles. The molecule has 1 saturated heterocycles. The van der Waals surface area contributed by atoms with E-state index in [1.54, 1.807) is 7.11 Å². The summed E-state index contributed by atoms with van der Waals surface area (Å²) >= 11 is 0. The number of amides is 2. The maximum absolute atomic E-state index is 13.0. The summed E-state index contributed by atoms with van der Waals surface area (Å²) in [5.41, 5.74) is 2.13. The zero-order chi connectivity index (χ0) is 19.8. The van der Waals surface area contributed by atoms with E-state index in [0.717, 1.165) is 42.7 Å². The fraction of sp³-hybridized carbons (Fsp3) is 0.391. The van der Waals surface area contributed by atoms with E-state index in [0.29, 0.717) is 13.1 Å². The molecule has 3 rings (SSSR count). The second-order valence-electron chi connectivity index (χ2n) is 7.27. The van der Waals surface area contributed by atoms with E-state index < -0.39 is 0 Å². The van der Waals surface area contributed by atoms with Crippen LogP contribution in [0.4, 0.5) is 0 Å². The molecule has 1 N–H and O–H groups in total. The van der Waals surface area contributed by atoms with E-state index in [9.17, 15) is 9.59 Å². The molecule has 0 bridgehead atoms. The fourth-order valence-corrected chi connectivity index (χ4v) is 3.58. The van der Waals surface area contributed by atoms with Gasteiger partial charge in [0.05, 0.1) is 7.11 Å². The molecule has 0 spiro atoms. The Hall–Kier alpha value is -2.82. The van der Waals surface area contributed by atoms with Crippen LogP contribution < -0.4 is 10.1 Å². The van der Waals surface area contributed by atoms with Crippen LogP contribution in [0.15, 0.2) is 54.6 Å². The van der Waals surface area contributed by atoms with Crippen molar-refractivity contribution in [2.45, 2.75) is 38.8 Å². The van der Waals surface area contributed by atoms with Gasteiger partial charge in [-0.3, -0.25) is 9.59 Å². The van der Waals surface area contributed by atoms with Crippen molar-refractivity contribution >= 4 is 11.8 Å². The SMILES string of the molecule is COc1ccc(CNC(=O)C[C@H]2CCCCN(Cc3ccccc3)C2=O)cc1. The molecule has 0 unspecified atom stereocenters. The summed E-state index contributed by atoms with van der Waals surface area (Å²) < 4.78 is 5.14. The first-order valence-corrected chi connectivity index (χ1v) is 9.88. The van der Waals surface area contributed by atoms with E-state index in [1.165, 1.54) is 0 Å². The third kappa shape index (κ3) is 5.59. The predicted molar refractivity (Wildman–Crippen MR) is 109 cm³/mol. The highest BCUT2D eigenvalue weighted by molar-refractivity contribution is 5.86. The van der Waals surface area contributed by atoms with Crippen LogP contribution in [-0.4, -0.2) is 30.4 Å². The predicted octanol–water partition coefficient (Wildman–Crippen LogP) is 3.53. The normalized spacial score (nSPS) is 17.1. The van der Waals surface area contributed by atoms with Crippen LogP contribution in [0, 0.1) is 5.92 Å². The Morgan fingerprint density at radius 1 is 1.07 bits per heavy atom. The molecule has 1 heterocycles. The maximum Gasteiger partial charge on any atom is 0.226 e. The number of nitrogens with zero attached hydrogens (tertiary/aromatic N) is 1. The van der Waals surface area contributed by atoms with E-state index >= 15 is 0 Å². The van der Waals surface area contributed by atoms with Gasteiger partial charge in [0.25, 0.3) is 0 Å². The number of hydrogen-bond acceptors (Lipinski definition) is 3. The van der Waals surface area contributed by atoms with Crippen molar-refractivity contribution in [2.24, 2.45) is 5.92 Å². The van der Waals surface area contributed by atoms with Gasteiger partial charge in [0.15, 0.2) is 0 Å². The fourth-order valence-electron chi connectivity index (χ4n) is 3.58. The van der Waals surface area contributed by atoms with Crippen molar-refractivity contribution in [1.29, 1.82) is 0 Å². The molecule has 5 nitrogen and oxygen atoms in total. The standard InChI is InChI=1S/C23H28N2O3/c1-28-21-12-10-18(11-13-21)16-24-22(26)15-20-9-5-6-14-25(23(20)27)17-19-7-3-2-4-8-19/h2-4,7-8,10-13,20H,5-6,9,14-17H2,1H3,(H,24,26)/t20-/m1/s1. The zero-order valence-corrected chi connectivity index (χ0v) is 16.4. The monoisotopic (exact) mass is 380 g/mol. The summed E-state index contributed by atoms with van der Waals surface area (Å²) in [6.07, 6.45) is 3.00. The Morgan fingerprint density at radius 3 is 2.54 bits per heavy atom. The molecule has 148 valence electrons. The molecule has 2 aromatic carbocycles. The lowest BCUT2D eigenvalue weighted by Gasteiger charge is -2.24. The number of rotatable bonds is 7. The average molecular weight is 380 g/mol. The molecule has 0 saturated carbocycles. The minimum absolute atomic E-state index is 0.0734. The minimum Gasteiger partial charge on any atom is -0.497 e. The van der Waals surface area contributed by atoms with Crippen molar-refractivity contribution in [2.75, 3.05) is 13.7 Å². The van der Waals surface area contributed by atoms with Gasteiger partial charge in [0, 0.05) is 32.0 Å². The van der Waals surface area contributed by atoms with E-state index in [2.05, 4.69) is 5.32 Å². The molecule has 0 aromatic heterocycles. The van der Waals surface area contributed by atoms with Crippen LogP contribution in [0.5, 0.6) is 5.75 Å². The van der Waals surface area contributed by atoms with Gasteiger partial charge < -0.3 is 15.0 Å². The topological polar surface area (TPSA) is 58.6 Å². The van der Waals surface area contributed by atoms with Crippen molar-refractivity contribution in [3.63, 3.8) is 0 Å². The molecule has 0 radical (unpaired) electrons.